The van der Waals surface area contributed by atoms with Gasteiger partial charge in [-0.25, -0.2) is 4.68 Å². The van der Waals surface area contributed by atoms with Crippen molar-refractivity contribution in [3.8, 4) is 17.0 Å². The maximum atomic E-state index is 5.82. The molecule has 0 amide bonds. The molecular formula is C11H14N4O. The van der Waals surface area contributed by atoms with Crippen LogP contribution in [0.2, 0.25) is 0 Å². The zero-order chi connectivity index (χ0) is 11.5. The molecule has 0 aliphatic carbocycles. The highest BCUT2D eigenvalue weighted by Gasteiger charge is 2.14. The molecule has 0 aliphatic heterocycles. The van der Waals surface area contributed by atoms with Crippen molar-refractivity contribution in [2.45, 2.75) is 13.5 Å². The van der Waals surface area contributed by atoms with Gasteiger partial charge >= 0.3 is 0 Å². The molecule has 0 saturated carbocycles. The van der Waals surface area contributed by atoms with Gasteiger partial charge in [0.25, 0.3) is 0 Å². The molecule has 0 aliphatic rings. The lowest BCUT2D eigenvalue weighted by Gasteiger charge is -2.09. The molecule has 1 heterocycles. The summed E-state index contributed by atoms with van der Waals surface area (Å²) in [6, 6.07) is 7.69. The van der Waals surface area contributed by atoms with E-state index in [1.165, 1.54) is 0 Å². The summed E-state index contributed by atoms with van der Waals surface area (Å²) >= 11 is 0. The number of rotatable bonds is 3. The van der Waals surface area contributed by atoms with Crippen LogP contribution >= 0.6 is 0 Å². The Kier molecular flexibility index (Phi) is 2.76. The first-order valence-electron chi connectivity index (χ1n) is 5.10. The van der Waals surface area contributed by atoms with Gasteiger partial charge in [-0.15, -0.1) is 5.10 Å². The van der Waals surface area contributed by atoms with Crippen LogP contribution in [-0.2, 0) is 6.54 Å². The van der Waals surface area contributed by atoms with Gasteiger partial charge in [0.15, 0.2) is 5.82 Å². The summed E-state index contributed by atoms with van der Waals surface area (Å²) in [4.78, 5) is 0. The van der Waals surface area contributed by atoms with Crippen molar-refractivity contribution in [3.05, 3.63) is 24.3 Å². The summed E-state index contributed by atoms with van der Waals surface area (Å²) in [7, 11) is 1.63. The number of benzene rings is 1. The fourth-order valence-corrected chi connectivity index (χ4v) is 1.67. The SMILES string of the molecule is CCn1nnc(N)c1-c1ccccc1OC. The number of para-hydroxylation sites is 1. The van der Waals surface area contributed by atoms with Crippen LogP contribution in [0.1, 0.15) is 6.92 Å². The molecule has 1 aromatic heterocycles. The number of aromatic nitrogens is 3. The van der Waals surface area contributed by atoms with Gasteiger partial charge in [0.2, 0.25) is 0 Å². The smallest absolute Gasteiger partial charge is 0.174 e. The predicted molar refractivity (Wildman–Crippen MR) is 62.1 cm³/mol. The van der Waals surface area contributed by atoms with E-state index in [1.54, 1.807) is 11.8 Å². The largest absolute Gasteiger partial charge is 0.496 e. The first-order valence-corrected chi connectivity index (χ1v) is 5.10. The highest BCUT2D eigenvalue weighted by molar-refractivity contribution is 5.75. The Balaban J connectivity index is 2.61. The fourth-order valence-electron chi connectivity index (χ4n) is 1.67. The number of aryl methyl sites for hydroxylation is 1. The average molecular weight is 218 g/mol. The summed E-state index contributed by atoms with van der Waals surface area (Å²) in [5.74, 6) is 1.19. The average Bonchev–Trinajstić information content (AvgIpc) is 2.70. The van der Waals surface area contributed by atoms with E-state index in [9.17, 15) is 0 Å². The molecule has 0 unspecified atom stereocenters. The third kappa shape index (κ3) is 1.60. The second-order valence-corrected chi connectivity index (χ2v) is 3.34. The van der Waals surface area contributed by atoms with Crippen LogP contribution in [-0.4, -0.2) is 22.1 Å². The van der Waals surface area contributed by atoms with Gasteiger partial charge in [0.1, 0.15) is 11.4 Å². The summed E-state index contributed by atoms with van der Waals surface area (Å²) in [5.41, 5.74) is 7.54. The lowest BCUT2D eigenvalue weighted by atomic mass is 10.1. The molecule has 0 atom stereocenters. The molecule has 84 valence electrons. The molecule has 0 saturated heterocycles. The fraction of sp³-hybridized carbons (Fsp3) is 0.273. The molecule has 5 heteroatoms. The number of nitrogens with two attached hydrogens (primary N) is 1. The van der Waals surface area contributed by atoms with Crippen LogP contribution in [0.4, 0.5) is 5.82 Å². The van der Waals surface area contributed by atoms with E-state index >= 15 is 0 Å². The minimum absolute atomic E-state index is 0.423. The zero-order valence-electron chi connectivity index (χ0n) is 9.34. The van der Waals surface area contributed by atoms with Crippen LogP contribution in [0, 0.1) is 0 Å². The molecule has 1 aromatic carbocycles. The Morgan fingerprint density at radius 2 is 2.12 bits per heavy atom. The summed E-state index contributed by atoms with van der Waals surface area (Å²) in [6.07, 6.45) is 0. The Hall–Kier alpha value is -2.04. The van der Waals surface area contributed by atoms with Gasteiger partial charge < -0.3 is 10.5 Å². The minimum Gasteiger partial charge on any atom is -0.496 e. The van der Waals surface area contributed by atoms with Crippen LogP contribution in [0.15, 0.2) is 24.3 Å². The molecular weight excluding hydrogens is 204 g/mol. The Morgan fingerprint density at radius 1 is 1.38 bits per heavy atom. The Labute approximate surface area is 93.8 Å². The van der Waals surface area contributed by atoms with Crippen LogP contribution < -0.4 is 10.5 Å². The number of ether oxygens (including phenoxy) is 1. The van der Waals surface area contributed by atoms with Crippen molar-refractivity contribution in [1.82, 2.24) is 15.0 Å². The molecule has 5 nitrogen and oxygen atoms in total. The van der Waals surface area contributed by atoms with Gasteiger partial charge in [-0.2, -0.15) is 0 Å². The van der Waals surface area contributed by atoms with Gasteiger partial charge in [-0.3, -0.25) is 0 Å². The molecule has 16 heavy (non-hydrogen) atoms. The number of nitrogen functional groups attached to an aromatic ring is 1. The normalized spacial score (nSPS) is 10.4. The second kappa shape index (κ2) is 4.22. The molecule has 0 fully saturated rings. The van der Waals surface area contributed by atoms with Gasteiger partial charge in [0, 0.05) is 12.1 Å². The monoisotopic (exact) mass is 218 g/mol. The molecule has 2 N–H and O–H groups in total. The number of hydrogen-bond acceptors (Lipinski definition) is 4. The number of hydrogen-bond donors (Lipinski definition) is 1. The van der Waals surface area contributed by atoms with Crippen LogP contribution in [0.3, 0.4) is 0 Å². The molecule has 2 rings (SSSR count). The number of nitrogens with zero attached hydrogens (tertiary/aromatic N) is 3. The standard InChI is InChI=1S/C11H14N4O/c1-3-15-10(11(12)13-14-15)8-6-4-5-7-9(8)16-2/h4-7H,3,12H2,1-2H3. The van der Waals surface area contributed by atoms with Crippen molar-refractivity contribution >= 4 is 5.82 Å². The molecule has 2 aromatic rings. The molecule has 0 spiro atoms. The van der Waals surface area contributed by atoms with Crippen molar-refractivity contribution in [2.24, 2.45) is 0 Å². The van der Waals surface area contributed by atoms with Crippen molar-refractivity contribution in [3.63, 3.8) is 0 Å². The predicted octanol–water partition coefficient (Wildman–Crippen LogP) is 1.56. The van der Waals surface area contributed by atoms with Crippen LogP contribution in [0.5, 0.6) is 5.75 Å². The third-order valence-corrected chi connectivity index (χ3v) is 2.42. The van der Waals surface area contributed by atoms with E-state index < -0.39 is 0 Å². The quantitative estimate of drug-likeness (QED) is 0.848. The van der Waals surface area contributed by atoms with E-state index in [0.717, 1.165) is 23.6 Å². The van der Waals surface area contributed by atoms with Crippen molar-refractivity contribution in [2.75, 3.05) is 12.8 Å². The highest BCUT2D eigenvalue weighted by Crippen LogP contribution is 2.32. The number of anilines is 1. The highest BCUT2D eigenvalue weighted by atomic mass is 16.5. The maximum Gasteiger partial charge on any atom is 0.174 e. The van der Waals surface area contributed by atoms with Gasteiger partial charge in [-0.05, 0) is 19.1 Å². The maximum absolute atomic E-state index is 5.82. The first kappa shape index (κ1) is 10.5. The minimum atomic E-state index is 0.423. The topological polar surface area (TPSA) is 66.0 Å². The van der Waals surface area contributed by atoms with Crippen molar-refractivity contribution < 1.29 is 4.74 Å². The zero-order valence-corrected chi connectivity index (χ0v) is 9.34. The van der Waals surface area contributed by atoms with E-state index in [0.29, 0.717) is 5.82 Å². The van der Waals surface area contributed by atoms with E-state index in [-0.39, 0.29) is 0 Å². The molecule has 0 bridgehead atoms. The van der Waals surface area contributed by atoms with E-state index in [2.05, 4.69) is 10.3 Å². The third-order valence-electron chi connectivity index (χ3n) is 2.42. The first-order chi connectivity index (χ1) is 7.77. The number of methoxy groups -OCH3 is 1. The van der Waals surface area contributed by atoms with Crippen LogP contribution in [0.25, 0.3) is 11.3 Å². The van der Waals surface area contributed by atoms with E-state index in [4.69, 9.17) is 10.5 Å². The summed E-state index contributed by atoms with van der Waals surface area (Å²) in [6.45, 7) is 2.71. The van der Waals surface area contributed by atoms with E-state index in [1.807, 2.05) is 31.2 Å². The second-order valence-electron chi connectivity index (χ2n) is 3.34. The van der Waals surface area contributed by atoms with Gasteiger partial charge in [0.05, 0.1) is 7.11 Å². The van der Waals surface area contributed by atoms with Gasteiger partial charge in [-0.1, -0.05) is 17.3 Å². The summed E-state index contributed by atoms with van der Waals surface area (Å²) < 4.78 is 7.06. The Bertz CT molecular complexity index is 492. The summed E-state index contributed by atoms with van der Waals surface area (Å²) in [5, 5.41) is 7.85. The van der Waals surface area contributed by atoms with Crippen molar-refractivity contribution in [1.29, 1.82) is 0 Å². The Morgan fingerprint density at radius 3 is 2.81 bits per heavy atom. The lowest BCUT2D eigenvalue weighted by Crippen LogP contribution is -2.01. The molecule has 0 radical (unpaired) electrons. The lowest BCUT2D eigenvalue weighted by molar-refractivity contribution is 0.416.